The van der Waals surface area contributed by atoms with E-state index >= 15 is 0 Å². The van der Waals surface area contributed by atoms with Crippen LogP contribution < -0.4 is 5.32 Å². The predicted octanol–water partition coefficient (Wildman–Crippen LogP) is 2.65. The zero-order chi connectivity index (χ0) is 16.8. The summed E-state index contributed by atoms with van der Waals surface area (Å²) in [6.07, 6.45) is 0.766. The van der Waals surface area contributed by atoms with Crippen molar-refractivity contribution in [2.24, 2.45) is 5.92 Å². The lowest BCUT2D eigenvalue weighted by Gasteiger charge is -2.26. The fraction of sp³-hybridized carbons (Fsp3) is 0.875. The van der Waals surface area contributed by atoms with Gasteiger partial charge in [-0.25, -0.2) is 4.79 Å². The van der Waals surface area contributed by atoms with Crippen molar-refractivity contribution in [3.63, 3.8) is 0 Å². The van der Waals surface area contributed by atoms with E-state index in [1.165, 1.54) is 0 Å². The first-order valence-electron chi connectivity index (χ1n) is 7.98. The van der Waals surface area contributed by atoms with Crippen LogP contribution in [0.15, 0.2) is 0 Å². The summed E-state index contributed by atoms with van der Waals surface area (Å²) in [4.78, 5) is 24.3. The minimum Gasteiger partial charge on any atom is -0.444 e. The second-order valence-corrected chi connectivity index (χ2v) is 6.69. The number of Topliss-reactive ketones (excluding diaryl/α,β-unsaturated/α-hetero) is 1. The minimum absolute atomic E-state index is 0.0145. The predicted molar refractivity (Wildman–Crippen MR) is 82.5 cm³/mol. The molecule has 1 saturated heterocycles. The topological polar surface area (TPSA) is 73.9 Å². The molecule has 0 bridgehead atoms. The molecule has 0 aromatic heterocycles. The molecule has 6 nitrogen and oxygen atoms in total. The molecular formula is C16H29NO5. The van der Waals surface area contributed by atoms with Gasteiger partial charge >= 0.3 is 6.09 Å². The molecule has 1 amide bonds. The Balaban J connectivity index is 2.54. The van der Waals surface area contributed by atoms with Crippen molar-refractivity contribution in [3.8, 4) is 0 Å². The molecule has 1 aliphatic rings. The largest absolute Gasteiger partial charge is 0.444 e. The number of ketones is 1. The maximum Gasteiger partial charge on any atom is 0.408 e. The summed E-state index contributed by atoms with van der Waals surface area (Å²) in [6.45, 7) is 10.5. The Labute approximate surface area is 132 Å². The van der Waals surface area contributed by atoms with Gasteiger partial charge in [0.2, 0.25) is 0 Å². The van der Waals surface area contributed by atoms with Crippen LogP contribution in [0.5, 0.6) is 0 Å². The average Bonchev–Trinajstić information content (AvgIpc) is 2.92. The number of ether oxygens (including phenoxy) is 3. The monoisotopic (exact) mass is 315 g/mol. The summed E-state index contributed by atoms with van der Waals surface area (Å²) in [5.74, 6) is 0.0322. The highest BCUT2D eigenvalue weighted by Gasteiger charge is 2.29. The Kier molecular flexibility index (Phi) is 7.29. The SMILES string of the molecule is CC[C@H](C)[C@H](NC(=O)OC(C)(C)C)C(=O)CCC1OCCO1. The molecule has 128 valence electrons. The van der Waals surface area contributed by atoms with E-state index in [0.29, 0.717) is 26.1 Å². The molecular weight excluding hydrogens is 286 g/mol. The van der Waals surface area contributed by atoms with Gasteiger partial charge in [0, 0.05) is 12.8 Å². The molecule has 1 rings (SSSR count). The fourth-order valence-corrected chi connectivity index (χ4v) is 2.20. The number of hydrogen-bond donors (Lipinski definition) is 1. The molecule has 0 aliphatic carbocycles. The van der Waals surface area contributed by atoms with E-state index in [9.17, 15) is 9.59 Å². The Morgan fingerprint density at radius 2 is 1.86 bits per heavy atom. The Hall–Kier alpha value is -1.14. The molecule has 0 saturated carbocycles. The van der Waals surface area contributed by atoms with Gasteiger partial charge in [-0.15, -0.1) is 0 Å². The Morgan fingerprint density at radius 1 is 1.27 bits per heavy atom. The average molecular weight is 315 g/mol. The first kappa shape index (κ1) is 18.9. The summed E-state index contributed by atoms with van der Waals surface area (Å²) >= 11 is 0. The Bertz CT molecular complexity index is 371. The lowest BCUT2D eigenvalue weighted by Crippen LogP contribution is -2.47. The normalized spacial score (nSPS) is 18.8. The summed E-state index contributed by atoms with van der Waals surface area (Å²) < 4.78 is 15.9. The van der Waals surface area contributed by atoms with Crippen LogP contribution in [0.3, 0.4) is 0 Å². The van der Waals surface area contributed by atoms with E-state index in [-0.39, 0.29) is 18.0 Å². The molecule has 0 unspecified atom stereocenters. The minimum atomic E-state index is -0.585. The van der Waals surface area contributed by atoms with Crippen LogP contribution in [0, 0.1) is 5.92 Å². The summed E-state index contributed by atoms with van der Waals surface area (Å²) in [5, 5.41) is 2.71. The summed E-state index contributed by atoms with van der Waals surface area (Å²) in [5.41, 5.74) is -0.585. The van der Waals surface area contributed by atoms with Gasteiger partial charge < -0.3 is 19.5 Å². The third-order valence-electron chi connectivity index (χ3n) is 3.55. The van der Waals surface area contributed by atoms with Crippen molar-refractivity contribution < 1.29 is 23.8 Å². The van der Waals surface area contributed by atoms with Gasteiger partial charge in [0.05, 0.1) is 19.3 Å². The smallest absolute Gasteiger partial charge is 0.408 e. The van der Waals surface area contributed by atoms with Gasteiger partial charge in [0.25, 0.3) is 0 Å². The van der Waals surface area contributed by atoms with Crippen molar-refractivity contribution in [2.45, 2.75) is 71.8 Å². The third kappa shape index (κ3) is 6.75. The van der Waals surface area contributed by atoms with Crippen molar-refractivity contribution in [3.05, 3.63) is 0 Å². The van der Waals surface area contributed by atoms with Gasteiger partial charge in [-0.3, -0.25) is 4.79 Å². The first-order chi connectivity index (χ1) is 10.2. The maximum atomic E-state index is 12.4. The van der Waals surface area contributed by atoms with Crippen LogP contribution in [-0.4, -0.2) is 43.0 Å². The molecule has 0 spiro atoms. The van der Waals surface area contributed by atoms with E-state index in [1.54, 1.807) is 20.8 Å². The molecule has 1 heterocycles. The van der Waals surface area contributed by atoms with E-state index in [1.807, 2.05) is 13.8 Å². The highest BCUT2D eigenvalue weighted by atomic mass is 16.7. The molecule has 1 fully saturated rings. The zero-order valence-corrected chi connectivity index (χ0v) is 14.3. The van der Waals surface area contributed by atoms with Gasteiger partial charge in [0.15, 0.2) is 12.1 Å². The second-order valence-electron chi connectivity index (χ2n) is 6.69. The molecule has 0 radical (unpaired) electrons. The molecule has 6 heteroatoms. The van der Waals surface area contributed by atoms with E-state index in [4.69, 9.17) is 14.2 Å². The Morgan fingerprint density at radius 3 is 2.36 bits per heavy atom. The van der Waals surface area contributed by atoms with Crippen LogP contribution in [0.25, 0.3) is 0 Å². The molecule has 22 heavy (non-hydrogen) atoms. The number of amides is 1. The quantitative estimate of drug-likeness (QED) is 0.782. The zero-order valence-electron chi connectivity index (χ0n) is 14.3. The van der Waals surface area contributed by atoms with Crippen LogP contribution in [0.4, 0.5) is 4.79 Å². The highest BCUT2D eigenvalue weighted by molar-refractivity contribution is 5.87. The first-order valence-corrected chi connectivity index (χ1v) is 7.98. The number of carbonyl (C=O) groups excluding carboxylic acids is 2. The molecule has 1 N–H and O–H groups in total. The number of hydrogen-bond acceptors (Lipinski definition) is 5. The van der Waals surface area contributed by atoms with Gasteiger partial charge in [0.1, 0.15) is 5.60 Å². The number of carbonyl (C=O) groups is 2. The molecule has 2 atom stereocenters. The number of rotatable bonds is 7. The van der Waals surface area contributed by atoms with Gasteiger partial charge in [-0.1, -0.05) is 20.3 Å². The van der Waals surface area contributed by atoms with E-state index in [0.717, 1.165) is 6.42 Å². The molecule has 0 aromatic carbocycles. The van der Waals surface area contributed by atoms with Gasteiger partial charge in [-0.2, -0.15) is 0 Å². The van der Waals surface area contributed by atoms with Gasteiger partial charge in [-0.05, 0) is 26.7 Å². The lowest BCUT2D eigenvalue weighted by molar-refractivity contribution is -0.124. The van der Waals surface area contributed by atoms with Crippen LogP contribution >= 0.6 is 0 Å². The highest BCUT2D eigenvalue weighted by Crippen LogP contribution is 2.16. The fourth-order valence-electron chi connectivity index (χ4n) is 2.20. The lowest BCUT2D eigenvalue weighted by atomic mass is 9.93. The molecule has 1 aliphatic heterocycles. The van der Waals surface area contributed by atoms with Crippen molar-refractivity contribution in [2.75, 3.05) is 13.2 Å². The number of alkyl carbamates (subject to hydrolysis) is 1. The van der Waals surface area contributed by atoms with Crippen molar-refractivity contribution in [1.29, 1.82) is 0 Å². The van der Waals surface area contributed by atoms with E-state index < -0.39 is 17.7 Å². The second kappa shape index (κ2) is 8.48. The number of nitrogens with one attached hydrogen (secondary N) is 1. The molecule has 0 aromatic rings. The van der Waals surface area contributed by atoms with Crippen LogP contribution in [0.1, 0.15) is 53.9 Å². The third-order valence-corrected chi connectivity index (χ3v) is 3.55. The summed E-state index contributed by atoms with van der Waals surface area (Å²) in [6, 6.07) is -0.541. The summed E-state index contributed by atoms with van der Waals surface area (Å²) in [7, 11) is 0. The maximum absolute atomic E-state index is 12.4. The van der Waals surface area contributed by atoms with Crippen LogP contribution in [-0.2, 0) is 19.0 Å². The van der Waals surface area contributed by atoms with Crippen molar-refractivity contribution in [1.82, 2.24) is 5.32 Å². The van der Waals surface area contributed by atoms with Crippen molar-refractivity contribution >= 4 is 11.9 Å². The van der Waals surface area contributed by atoms with E-state index in [2.05, 4.69) is 5.32 Å². The standard InChI is InChI=1S/C16H29NO5/c1-6-11(2)14(17-15(19)22-16(3,4)5)12(18)7-8-13-20-9-10-21-13/h11,13-14H,6-10H2,1-5H3,(H,17,19)/t11-,14-/m0/s1. The van der Waals surface area contributed by atoms with Crippen LogP contribution in [0.2, 0.25) is 0 Å².